The van der Waals surface area contributed by atoms with Gasteiger partial charge in [0.2, 0.25) is 0 Å². The van der Waals surface area contributed by atoms with Gasteiger partial charge >= 0.3 is 6.61 Å². The Bertz CT molecular complexity index is 417. The Balaban J connectivity index is 2.50. The first-order valence-corrected chi connectivity index (χ1v) is 7.00. The number of hydrogen-bond acceptors (Lipinski definition) is 3. The van der Waals surface area contributed by atoms with Crippen LogP contribution in [0.15, 0.2) is 24.3 Å². The minimum absolute atomic E-state index is 0.0192. The maximum absolute atomic E-state index is 12.0. The van der Waals surface area contributed by atoms with E-state index in [1.165, 1.54) is 24.3 Å². The van der Waals surface area contributed by atoms with Gasteiger partial charge in [-0.3, -0.25) is 4.79 Å². The Morgan fingerprint density at radius 1 is 1.29 bits per heavy atom. The molecule has 0 saturated carbocycles. The van der Waals surface area contributed by atoms with Crippen LogP contribution in [0.4, 0.5) is 8.78 Å². The third-order valence-electron chi connectivity index (χ3n) is 3.13. The molecule has 1 unspecified atom stereocenters. The average molecular weight is 301 g/mol. The summed E-state index contributed by atoms with van der Waals surface area (Å²) < 4.78 is 28.2. The van der Waals surface area contributed by atoms with Gasteiger partial charge in [-0.25, -0.2) is 0 Å². The molecule has 0 aliphatic carbocycles. The van der Waals surface area contributed by atoms with Crippen molar-refractivity contribution in [3.05, 3.63) is 29.8 Å². The topological polar surface area (TPSA) is 58.6 Å². The van der Waals surface area contributed by atoms with Crippen LogP contribution in [-0.2, 0) is 0 Å². The minimum atomic E-state index is -2.88. The van der Waals surface area contributed by atoms with Crippen LogP contribution in [0.5, 0.6) is 5.75 Å². The molecular formula is C15H21F2NO3. The van der Waals surface area contributed by atoms with E-state index in [2.05, 4.69) is 10.1 Å². The number of hydrogen-bond donors (Lipinski definition) is 2. The molecule has 0 heterocycles. The van der Waals surface area contributed by atoms with Gasteiger partial charge in [-0.15, -0.1) is 0 Å². The third-order valence-corrected chi connectivity index (χ3v) is 3.13. The van der Waals surface area contributed by atoms with Crippen LogP contribution in [0.3, 0.4) is 0 Å². The van der Waals surface area contributed by atoms with Crippen LogP contribution in [-0.4, -0.2) is 30.8 Å². The summed E-state index contributed by atoms with van der Waals surface area (Å²) in [5.74, 6) is -0.00581. The van der Waals surface area contributed by atoms with Gasteiger partial charge in [0.25, 0.3) is 5.91 Å². The first kappa shape index (κ1) is 17.4. The molecule has 0 aliphatic heterocycles. The number of aliphatic hydroxyl groups is 1. The summed E-state index contributed by atoms with van der Waals surface area (Å²) in [6.07, 6.45) is 2.57. The molecule has 0 aromatic heterocycles. The average Bonchev–Trinajstić information content (AvgIpc) is 2.45. The van der Waals surface area contributed by atoms with Gasteiger partial charge in [-0.2, -0.15) is 8.78 Å². The monoisotopic (exact) mass is 301 g/mol. The maximum Gasteiger partial charge on any atom is 0.387 e. The van der Waals surface area contributed by atoms with Gasteiger partial charge in [-0.1, -0.05) is 13.3 Å². The highest BCUT2D eigenvalue weighted by atomic mass is 19.3. The molecule has 0 saturated heterocycles. The summed E-state index contributed by atoms with van der Waals surface area (Å²) in [4.78, 5) is 11.9. The molecule has 0 bridgehead atoms. The molecule has 0 fully saturated rings. The number of alkyl halides is 2. The maximum atomic E-state index is 12.0. The van der Waals surface area contributed by atoms with Crippen LogP contribution < -0.4 is 10.1 Å². The van der Waals surface area contributed by atoms with Gasteiger partial charge in [0, 0.05) is 18.7 Å². The number of halogens is 2. The molecule has 2 N–H and O–H groups in total. The summed E-state index contributed by atoms with van der Waals surface area (Å²) in [6.45, 7) is -0.241. The van der Waals surface area contributed by atoms with Gasteiger partial charge < -0.3 is 15.2 Å². The van der Waals surface area contributed by atoms with Crippen LogP contribution in [0.25, 0.3) is 0 Å². The van der Waals surface area contributed by atoms with Crippen LogP contribution >= 0.6 is 0 Å². The van der Waals surface area contributed by atoms with Gasteiger partial charge in [-0.05, 0) is 43.0 Å². The summed E-state index contributed by atoms with van der Waals surface area (Å²) in [5, 5.41) is 11.8. The van der Waals surface area contributed by atoms with Crippen molar-refractivity contribution in [3.8, 4) is 5.75 Å². The van der Waals surface area contributed by atoms with Gasteiger partial charge in [0.05, 0.1) is 0 Å². The molecule has 1 aromatic rings. The van der Waals surface area contributed by atoms with E-state index in [4.69, 9.17) is 5.11 Å². The molecule has 4 nitrogen and oxygen atoms in total. The molecule has 118 valence electrons. The largest absolute Gasteiger partial charge is 0.435 e. The highest BCUT2D eigenvalue weighted by Crippen LogP contribution is 2.15. The van der Waals surface area contributed by atoms with Gasteiger partial charge in [0.1, 0.15) is 5.75 Å². The lowest BCUT2D eigenvalue weighted by molar-refractivity contribution is -0.0498. The Morgan fingerprint density at radius 3 is 2.48 bits per heavy atom. The standard InChI is InChI=1S/C15H21F2NO3/c1-2-3-11(8-9-19)10-18-14(20)12-4-6-13(7-5-12)21-15(16)17/h4-7,11,15,19H,2-3,8-10H2,1H3,(H,18,20). The third kappa shape index (κ3) is 6.53. The normalized spacial score (nSPS) is 12.2. The first-order chi connectivity index (χ1) is 10.1. The van der Waals surface area contributed by atoms with E-state index < -0.39 is 6.61 Å². The zero-order valence-corrected chi connectivity index (χ0v) is 12.0. The van der Waals surface area contributed by atoms with E-state index in [-0.39, 0.29) is 24.2 Å². The molecular weight excluding hydrogens is 280 g/mol. The smallest absolute Gasteiger partial charge is 0.387 e. The number of rotatable bonds is 9. The van der Waals surface area contributed by atoms with Crippen LogP contribution in [0, 0.1) is 5.92 Å². The second-order valence-electron chi connectivity index (χ2n) is 4.78. The van der Waals surface area contributed by atoms with Crippen molar-refractivity contribution in [2.45, 2.75) is 32.8 Å². The van der Waals surface area contributed by atoms with E-state index in [9.17, 15) is 13.6 Å². The SMILES string of the molecule is CCCC(CCO)CNC(=O)c1ccc(OC(F)F)cc1. The number of ether oxygens (including phenoxy) is 1. The van der Waals surface area contributed by atoms with Crippen LogP contribution in [0.1, 0.15) is 36.5 Å². The number of benzene rings is 1. The Hall–Kier alpha value is -1.69. The van der Waals surface area contributed by atoms with E-state index in [0.29, 0.717) is 18.5 Å². The number of amides is 1. The Kier molecular flexibility index (Phi) is 7.68. The number of carbonyl (C=O) groups excluding carboxylic acids is 1. The fraction of sp³-hybridized carbons (Fsp3) is 0.533. The van der Waals surface area contributed by atoms with Crippen molar-refractivity contribution in [2.75, 3.05) is 13.2 Å². The van der Waals surface area contributed by atoms with E-state index in [1.807, 2.05) is 6.92 Å². The molecule has 0 spiro atoms. The van der Waals surface area contributed by atoms with Gasteiger partial charge in [0.15, 0.2) is 0 Å². The second kappa shape index (κ2) is 9.28. The fourth-order valence-electron chi connectivity index (χ4n) is 2.07. The molecule has 1 rings (SSSR count). The summed E-state index contributed by atoms with van der Waals surface area (Å²) >= 11 is 0. The molecule has 0 aliphatic rings. The molecule has 1 amide bonds. The first-order valence-electron chi connectivity index (χ1n) is 7.00. The fourth-order valence-corrected chi connectivity index (χ4v) is 2.07. The summed E-state index contributed by atoms with van der Waals surface area (Å²) in [7, 11) is 0. The lowest BCUT2D eigenvalue weighted by Gasteiger charge is -2.15. The molecule has 0 radical (unpaired) electrons. The number of aliphatic hydroxyl groups excluding tert-OH is 1. The molecule has 21 heavy (non-hydrogen) atoms. The second-order valence-corrected chi connectivity index (χ2v) is 4.78. The lowest BCUT2D eigenvalue weighted by atomic mass is 10.00. The van der Waals surface area contributed by atoms with Crippen LogP contribution in [0.2, 0.25) is 0 Å². The van der Waals surface area contributed by atoms with Crippen molar-refractivity contribution >= 4 is 5.91 Å². The van der Waals surface area contributed by atoms with Crippen molar-refractivity contribution < 1.29 is 23.4 Å². The van der Waals surface area contributed by atoms with Crippen molar-refractivity contribution in [1.82, 2.24) is 5.32 Å². The van der Waals surface area contributed by atoms with E-state index in [1.54, 1.807) is 0 Å². The van der Waals surface area contributed by atoms with Crippen molar-refractivity contribution in [1.29, 1.82) is 0 Å². The van der Waals surface area contributed by atoms with E-state index >= 15 is 0 Å². The Labute approximate surface area is 123 Å². The molecule has 1 aromatic carbocycles. The summed E-state index contributed by atoms with van der Waals surface area (Å²) in [6, 6.07) is 5.54. The van der Waals surface area contributed by atoms with Crippen molar-refractivity contribution in [3.63, 3.8) is 0 Å². The molecule has 6 heteroatoms. The zero-order chi connectivity index (χ0) is 15.7. The predicted octanol–water partition coefficient (Wildman–Crippen LogP) is 2.82. The Morgan fingerprint density at radius 2 is 1.95 bits per heavy atom. The molecule has 1 atom stereocenters. The summed E-state index contributed by atoms with van der Waals surface area (Å²) in [5.41, 5.74) is 0.385. The quantitative estimate of drug-likeness (QED) is 0.737. The lowest BCUT2D eigenvalue weighted by Crippen LogP contribution is -2.29. The minimum Gasteiger partial charge on any atom is -0.435 e. The zero-order valence-electron chi connectivity index (χ0n) is 12.0. The highest BCUT2D eigenvalue weighted by Gasteiger charge is 2.11. The number of nitrogens with one attached hydrogen (secondary N) is 1. The van der Waals surface area contributed by atoms with Crippen molar-refractivity contribution in [2.24, 2.45) is 5.92 Å². The highest BCUT2D eigenvalue weighted by molar-refractivity contribution is 5.94. The van der Waals surface area contributed by atoms with E-state index in [0.717, 1.165) is 12.8 Å². The predicted molar refractivity (Wildman–Crippen MR) is 75.5 cm³/mol. The number of carbonyl (C=O) groups is 1.